The molecule has 0 fully saturated rings. The number of aliphatic hydroxyl groups excluding tert-OH is 1. The summed E-state index contributed by atoms with van der Waals surface area (Å²) in [5.74, 6) is -1.70. The van der Waals surface area contributed by atoms with E-state index in [0.29, 0.717) is 0 Å². The van der Waals surface area contributed by atoms with E-state index < -0.39 is 11.8 Å². The van der Waals surface area contributed by atoms with Gasteiger partial charge in [0.25, 0.3) is 0 Å². The molecule has 0 aliphatic heterocycles. The van der Waals surface area contributed by atoms with E-state index in [1.54, 1.807) is 12.2 Å². The molecule has 1 N–H and O–H groups in total. The van der Waals surface area contributed by atoms with Gasteiger partial charge in [0.2, 0.25) is 0 Å². The largest absolute Gasteiger partial charge is 0.512 e. The lowest BCUT2D eigenvalue weighted by atomic mass is 9.77. The maximum Gasteiger partial charge on any atom is 0.177 e. The molecule has 0 aromatic rings. The second-order valence-corrected chi connectivity index (χ2v) is 4.09. The van der Waals surface area contributed by atoms with E-state index in [9.17, 15) is 14.7 Å². The van der Waals surface area contributed by atoms with Crippen LogP contribution in [0.2, 0.25) is 0 Å². The summed E-state index contributed by atoms with van der Waals surface area (Å²) in [5, 5.41) is 9.47. The topological polar surface area (TPSA) is 54.4 Å². The second-order valence-electron chi connectivity index (χ2n) is 3.24. The fraction of sp³-hybridized carbons (Fsp3) is 0.200. The van der Waals surface area contributed by atoms with Crippen molar-refractivity contribution in [3.8, 4) is 0 Å². The molecule has 0 aromatic heterocycles. The Morgan fingerprint density at radius 1 is 1.36 bits per heavy atom. The molecule has 0 saturated carbocycles. The van der Waals surface area contributed by atoms with Gasteiger partial charge in [-0.25, -0.2) is 0 Å². The van der Waals surface area contributed by atoms with Gasteiger partial charge in [0.15, 0.2) is 11.6 Å². The molecular weight excluding hydrogens is 248 g/mol. The molecule has 0 amide bonds. The van der Waals surface area contributed by atoms with Crippen LogP contribution in [0.15, 0.2) is 34.5 Å². The van der Waals surface area contributed by atoms with Crippen molar-refractivity contribution < 1.29 is 14.7 Å². The van der Waals surface area contributed by atoms with Gasteiger partial charge in [0.05, 0.1) is 16.3 Å². The summed E-state index contributed by atoms with van der Waals surface area (Å²) >= 11 is 3.03. The summed E-state index contributed by atoms with van der Waals surface area (Å²) < 4.78 is 0.281. The van der Waals surface area contributed by atoms with Crippen LogP contribution in [0.5, 0.6) is 0 Å². The summed E-state index contributed by atoms with van der Waals surface area (Å²) in [6.07, 6.45) is 5.90. The van der Waals surface area contributed by atoms with Gasteiger partial charge in [-0.1, -0.05) is 12.2 Å². The molecule has 2 aliphatic rings. The van der Waals surface area contributed by atoms with Crippen LogP contribution in [0.25, 0.3) is 0 Å². The molecule has 2 aliphatic carbocycles. The van der Waals surface area contributed by atoms with Gasteiger partial charge in [-0.2, -0.15) is 0 Å². The molecule has 0 bridgehead atoms. The molecule has 14 heavy (non-hydrogen) atoms. The molecule has 0 radical (unpaired) electrons. The number of Topliss-reactive ketones (excluding diaryl/α,β-unsaturated/α-hetero) is 1. The smallest absolute Gasteiger partial charge is 0.177 e. The number of halogens is 1. The summed E-state index contributed by atoms with van der Waals surface area (Å²) in [7, 11) is 0. The first kappa shape index (κ1) is 9.40. The van der Waals surface area contributed by atoms with Crippen molar-refractivity contribution >= 4 is 27.5 Å². The lowest BCUT2D eigenvalue weighted by Gasteiger charge is -2.26. The van der Waals surface area contributed by atoms with E-state index in [4.69, 9.17) is 0 Å². The maximum atomic E-state index is 11.6. The molecule has 0 aromatic carbocycles. The summed E-state index contributed by atoms with van der Waals surface area (Å²) in [6.45, 7) is 0. The van der Waals surface area contributed by atoms with E-state index in [1.165, 1.54) is 12.2 Å². The number of allylic oxidation sites excluding steroid dienone is 6. The highest BCUT2D eigenvalue weighted by atomic mass is 79.9. The lowest BCUT2D eigenvalue weighted by Crippen LogP contribution is -2.34. The molecule has 2 rings (SSSR count). The second kappa shape index (κ2) is 3.20. The molecular formula is C10H7BrO3. The number of fused-ring (bicyclic) bond motifs is 1. The minimum absolute atomic E-state index is 0.0351. The molecule has 0 saturated heterocycles. The predicted octanol–water partition coefficient (Wildman–Crippen LogP) is 1.66. The summed E-state index contributed by atoms with van der Waals surface area (Å²) in [4.78, 5) is 23.1. The first-order valence-electron chi connectivity index (χ1n) is 4.14. The fourth-order valence-corrected chi connectivity index (χ4v) is 2.17. The highest BCUT2D eigenvalue weighted by molar-refractivity contribution is 9.12. The van der Waals surface area contributed by atoms with Crippen LogP contribution in [0.4, 0.5) is 0 Å². The third-order valence-corrected chi connectivity index (χ3v) is 3.00. The normalized spacial score (nSPS) is 30.9. The Labute approximate surface area is 88.9 Å². The number of carbonyl (C=O) groups excluding carboxylic acids is 2. The Hall–Kier alpha value is -1.16. The van der Waals surface area contributed by atoms with Crippen molar-refractivity contribution in [2.24, 2.45) is 11.8 Å². The van der Waals surface area contributed by atoms with Crippen LogP contribution < -0.4 is 0 Å². The lowest BCUT2D eigenvalue weighted by molar-refractivity contribution is -0.127. The monoisotopic (exact) mass is 254 g/mol. The van der Waals surface area contributed by atoms with E-state index >= 15 is 0 Å². The highest BCUT2D eigenvalue weighted by Crippen LogP contribution is 2.34. The molecule has 3 nitrogen and oxygen atoms in total. The molecule has 2 atom stereocenters. The zero-order valence-electron chi connectivity index (χ0n) is 7.11. The van der Waals surface area contributed by atoms with E-state index in [2.05, 4.69) is 15.9 Å². The Bertz CT molecular complexity index is 404. The average Bonchev–Trinajstić information content (AvgIpc) is 2.14. The van der Waals surface area contributed by atoms with Gasteiger partial charge in [-0.05, 0) is 28.1 Å². The van der Waals surface area contributed by atoms with Crippen LogP contribution in [0.1, 0.15) is 0 Å². The molecule has 2 unspecified atom stereocenters. The van der Waals surface area contributed by atoms with Crippen molar-refractivity contribution in [1.29, 1.82) is 0 Å². The highest BCUT2D eigenvalue weighted by Gasteiger charge is 2.39. The minimum Gasteiger partial charge on any atom is -0.512 e. The molecule has 0 spiro atoms. The van der Waals surface area contributed by atoms with Crippen molar-refractivity contribution in [3.63, 3.8) is 0 Å². The van der Waals surface area contributed by atoms with E-state index in [1.807, 2.05) is 0 Å². The number of hydrogen-bond donors (Lipinski definition) is 1. The number of carbonyl (C=O) groups is 2. The first-order valence-corrected chi connectivity index (χ1v) is 4.93. The van der Waals surface area contributed by atoms with Crippen molar-refractivity contribution in [1.82, 2.24) is 0 Å². The average molecular weight is 255 g/mol. The number of aliphatic hydroxyl groups is 1. The van der Waals surface area contributed by atoms with E-state index in [-0.39, 0.29) is 21.8 Å². The SMILES string of the molecule is O=C1C(Br)=CC(=O)C2C(O)=CC=CC12. The standard InChI is InChI=1S/C10H7BrO3/c11-6-4-8(13)9-5(10(6)14)2-1-3-7(9)12/h1-5,9,12H. The third-order valence-electron chi connectivity index (χ3n) is 2.38. The van der Waals surface area contributed by atoms with Crippen LogP contribution in [-0.2, 0) is 9.59 Å². The summed E-state index contributed by atoms with van der Waals surface area (Å²) in [6, 6.07) is 0. The van der Waals surface area contributed by atoms with Gasteiger partial charge in [-0.15, -0.1) is 0 Å². The van der Waals surface area contributed by atoms with Crippen molar-refractivity contribution in [2.45, 2.75) is 0 Å². The number of hydrogen-bond acceptors (Lipinski definition) is 3. The Balaban J connectivity index is 2.49. The zero-order valence-corrected chi connectivity index (χ0v) is 8.69. The number of ketones is 2. The molecule has 4 heteroatoms. The van der Waals surface area contributed by atoms with Crippen molar-refractivity contribution in [3.05, 3.63) is 34.5 Å². The molecule has 0 heterocycles. The van der Waals surface area contributed by atoms with Crippen LogP contribution in [-0.4, -0.2) is 16.7 Å². The fourth-order valence-electron chi connectivity index (χ4n) is 1.68. The van der Waals surface area contributed by atoms with Crippen LogP contribution >= 0.6 is 15.9 Å². The minimum atomic E-state index is -0.714. The molecule has 72 valence electrons. The van der Waals surface area contributed by atoms with Gasteiger partial charge >= 0.3 is 0 Å². The Morgan fingerprint density at radius 2 is 2.07 bits per heavy atom. The summed E-state index contributed by atoms with van der Waals surface area (Å²) in [5.41, 5.74) is 0. The van der Waals surface area contributed by atoms with Gasteiger partial charge in [-0.3, -0.25) is 9.59 Å². The Morgan fingerprint density at radius 3 is 2.79 bits per heavy atom. The quantitative estimate of drug-likeness (QED) is 0.716. The van der Waals surface area contributed by atoms with Crippen LogP contribution in [0, 0.1) is 11.8 Å². The predicted molar refractivity (Wildman–Crippen MR) is 53.9 cm³/mol. The van der Waals surface area contributed by atoms with Gasteiger partial charge < -0.3 is 5.11 Å². The maximum absolute atomic E-state index is 11.6. The van der Waals surface area contributed by atoms with Crippen molar-refractivity contribution in [2.75, 3.05) is 0 Å². The van der Waals surface area contributed by atoms with Gasteiger partial charge in [0.1, 0.15) is 5.76 Å². The van der Waals surface area contributed by atoms with Crippen LogP contribution in [0.3, 0.4) is 0 Å². The zero-order chi connectivity index (χ0) is 10.3. The van der Waals surface area contributed by atoms with E-state index in [0.717, 1.165) is 0 Å². The third kappa shape index (κ3) is 1.26. The Kier molecular flexibility index (Phi) is 2.15. The first-order chi connectivity index (χ1) is 6.61. The van der Waals surface area contributed by atoms with Gasteiger partial charge in [0, 0.05) is 0 Å². The number of rotatable bonds is 0.